The van der Waals surface area contributed by atoms with Crippen molar-refractivity contribution in [3.8, 4) is 16.9 Å². The summed E-state index contributed by atoms with van der Waals surface area (Å²) in [4.78, 5) is 13.9. The van der Waals surface area contributed by atoms with Gasteiger partial charge in [0.1, 0.15) is 11.6 Å². The van der Waals surface area contributed by atoms with Crippen molar-refractivity contribution < 1.29 is 19.0 Å². The average Bonchev–Trinajstić information content (AvgIpc) is 2.81. The molecule has 0 aliphatic carbocycles. The molecule has 2 aliphatic heterocycles. The lowest BCUT2D eigenvalue weighted by atomic mass is 9.78. The van der Waals surface area contributed by atoms with Gasteiger partial charge in [-0.3, -0.25) is 0 Å². The molecule has 0 bridgehead atoms. The van der Waals surface area contributed by atoms with Crippen molar-refractivity contribution in [2.24, 2.45) is 0 Å². The van der Waals surface area contributed by atoms with Gasteiger partial charge < -0.3 is 14.7 Å². The van der Waals surface area contributed by atoms with Crippen molar-refractivity contribution in [2.75, 3.05) is 18.6 Å². The Balaban J connectivity index is 1.78. The van der Waals surface area contributed by atoms with Gasteiger partial charge in [-0.2, -0.15) is 0 Å². The number of halogens is 1. The normalized spacial score (nSPS) is 16.2. The second-order valence-corrected chi connectivity index (χ2v) is 8.22. The summed E-state index contributed by atoms with van der Waals surface area (Å²) < 4.78 is 20.4. The van der Waals surface area contributed by atoms with Gasteiger partial charge in [0.05, 0.1) is 13.2 Å². The molecule has 32 heavy (non-hydrogen) atoms. The van der Waals surface area contributed by atoms with E-state index < -0.39 is 5.97 Å². The first-order chi connectivity index (χ1) is 15.5. The second kappa shape index (κ2) is 7.83. The molecule has 2 heterocycles. The van der Waals surface area contributed by atoms with Gasteiger partial charge in [-0.1, -0.05) is 31.2 Å². The second-order valence-electron chi connectivity index (χ2n) is 8.22. The van der Waals surface area contributed by atoms with E-state index in [1.54, 1.807) is 18.2 Å². The minimum absolute atomic E-state index is 0.228. The molecule has 0 spiro atoms. The number of esters is 1. The molecule has 0 amide bonds. The monoisotopic (exact) mass is 429 g/mol. The SMILES string of the molecule is CCc1cccc2c1N1CCc3cc(O)ccc3C1c1c(F)cc(/C=C/C(=O)OC)cc1-2. The number of nitrogens with zero attached hydrogens (tertiary/aromatic N) is 1. The Morgan fingerprint density at radius 2 is 2.06 bits per heavy atom. The van der Waals surface area contributed by atoms with Crippen molar-refractivity contribution in [3.05, 3.63) is 88.2 Å². The fourth-order valence-corrected chi connectivity index (χ4v) is 5.07. The molecule has 0 saturated carbocycles. The fourth-order valence-electron chi connectivity index (χ4n) is 5.07. The van der Waals surface area contributed by atoms with E-state index >= 15 is 4.39 Å². The van der Waals surface area contributed by atoms with Crippen LogP contribution >= 0.6 is 0 Å². The van der Waals surface area contributed by atoms with Crippen molar-refractivity contribution in [1.29, 1.82) is 0 Å². The number of hydrogen-bond donors (Lipinski definition) is 1. The highest BCUT2D eigenvalue weighted by Gasteiger charge is 2.38. The number of carbonyl (C=O) groups excluding carboxylic acids is 1. The molecule has 0 fully saturated rings. The first-order valence-corrected chi connectivity index (χ1v) is 10.8. The molecule has 0 radical (unpaired) electrons. The van der Waals surface area contributed by atoms with Gasteiger partial charge in [0.2, 0.25) is 0 Å². The fraction of sp³-hybridized carbons (Fsp3) is 0.222. The molecular formula is C27H24FNO3. The number of rotatable bonds is 3. The van der Waals surface area contributed by atoms with Crippen LogP contribution in [0.3, 0.4) is 0 Å². The summed E-state index contributed by atoms with van der Waals surface area (Å²) in [5.74, 6) is -0.564. The Hall–Kier alpha value is -3.60. The van der Waals surface area contributed by atoms with Crippen LogP contribution in [0.5, 0.6) is 5.75 Å². The van der Waals surface area contributed by atoms with Crippen molar-refractivity contribution >= 4 is 17.7 Å². The summed E-state index contributed by atoms with van der Waals surface area (Å²) in [6.45, 7) is 2.88. The highest BCUT2D eigenvalue weighted by Crippen LogP contribution is 2.52. The Morgan fingerprint density at radius 3 is 2.84 bits per heavy atom. The first kappa shape index (κ1) is 20.3. The van der Waals surface area contributed by atoms with Crippen molar-refractivity contribution in [3.63, 3.8) is 0 Å². The summed E-state index contributed by atoms with van der Waals surface area (Å²) in [7, 11) is 1.32. The Kier molecular flexibility index (Phi) is 4.97. The summed E-state index contributed by atoms with van der Waals surface area (Å²) in [5.41, 5.74) is 7.50. The molecule has 0 aromatic heterocycles. The van der Waals surface area contributed by atoms with Gasteiger partial charge in [-0.15, -0.1) is 0 Å². The molecule has 2 aliphatic rings. The number of phenolic OH excluding ortho intramolecular Hbond substituents is 1. The van der Waals surface area contributed by atoms with Crippen LogP contribution in [-0.4, -0.2) is 24.7 Å². The number of ether oxygens (including phenoxy) is 1. The molecule has 5 rings (SSSR count). The van der Waals surface area contributed by atoms with Crippen LogP contribution in [0.4, 0.5) is 10.1 Å². The number of aromatic hydroxyl groups is 1. The zero-order valence-electron chi connectivity index (χ0n) is 18.1. The van der Waals surface area contributed by atoms with Crippen molar-refractivity contribution in [1.82, 2.24) is 0 Å². The Bertz CT molecular complexity index is 1260. The molecular weight excluding hydrogens is 405 g/mol. The van der Waals surface area contributed by atoms with Gasteiger partial charge in [0.25, 0.3) is 0 Å². The largest absolute Gasteiger partial charge is 0.508 e. The van der Waals surface area contributed by atoms with Gasteiger partial charge in [0, 0.05) is 29.4 Å². The van der Waals surface area contributed by atoms with E-state index in [0.717, 1.165) is 47.3 Å². The summed E-state index contributed by atoms with van der Waals surface area (Å²) in [6.07, 6.45) is 4.54. The number of fused-ring (bicyclic) bond motifs is 8. The number of aryl methyl sites for hydroxylation is 1. The number of anilines is 1. The topological polar surface area (TPSA) is 49.8 Å². The molecule has 162 valence electrons. The van der Waals surface area contributed by atoms with Crippen molar-refractivity contribution in [2.45, 2.75) is 25.8 Å². The van der Waals surface area contributed by atoms with Gasteiger partial charge in [-0.05, 0) is 71.0 Å². The Labute approximate surface area is 186 Å². The van der Waals surface area contributed by atoms with E-state index in [4.69, 9.17) is 0 Å². The minimum Gasteiger partial charge on any atom is -0.508 e. The third-order valence-electron chi connectivity index (χ3n) is 6.47. The lowest BCUT2D eigenvalue weighted by Crippen LogP contribution is -2.39. The zero-order valence-corrected chi connectivity index (χ0v) is 18.1. The highest BCUT2D eigenvalue weighted by atomic mass is 19.1. The van der Waals surface area contributed by atoms with Crippen LogP contribution < -0.4 is 4.90 Å². The number of phenols is 1. The van der Waals surface area contributed by atoms with Crippen LogP contribution in [-0.2, 0) is 22.4 Å². The van der Waals surface area contributed by atoms with E-state index in [-0.39, 0.29) is 17.6 Å². The number of para-hydroxylation sites is 1. The smallest absolute Gasteiger partial charge is 0.330 e. The van der Waals surface area contributed by atoms with Crippen LogP contribution in [0.15, 0.2) is 54.6 Å². The van der Waals surface area contributed by atoms with Crippen LogP contribution in [0.25, 0.3) is 17.2 Å². The lowest BCUT2D eigenvalue weighted by molar-refractivity contribution is -0.134. The van der Waals surface area contributed by atoms with Gasteiger partial charge in [0.15, 0.2) is 0 Å². The number of hydrogen-bond acceptors (Lipinski definition) is 4. The number of benzene rings is 3. The minimum atomic E-state index is -0.482. The van der Waals surface area contributed by atoms with E-state index in [1.165, 1.54) is 24.8 Å². The molecule has 3 aromatic carbocycles. The highest BCUT2D eigenvalue weighted by molar-refractivity contribution is 5.91. The van der Waals surface area contributed by atoms with Crippen LogP contribution in [0.2, 0.25) is 0 Å². The molecule has 4 nitrogen and oxygen atoms in total. The third kappa shape index (κ3) is 3.16. The molecule has 3 aromatic rings. The van der Waals surface area contributed by atoms with Gasteiger partial charge in [-0.25, -0.2) is 9.18 Å². The van der Waals surface area contributed by atoms with E-state index in [0.29, 0.717) is 11.1 Å². The lowest BCUT2D eigenvalue weighted by Gasteiger charge is -2.45. The summed E-state index contributed by atoms with van der Waals surface area (Å²) in [5, 5.41) is 10.0. The van der Waals surface area contributed by atoms with Gasteiger partial charge >= 0.3 is 5.97 Å². The predicted octanol–water partition coefficient (Wildman–Crippen LogP) is 5.41. The Morgan fingerprint density at radius 1 is 1.22 bits per heavy atom. The van der Waals surface area contributed by atoms with Crippen LogP contribution in [0.1, 0.15) is 40.8 Å². The molecule has 1 N–H and O–H groups in total. The van der Waals surface area contributed by atoms with Crippen LogP contribution in [0, 0.1) is 5.82 Å². The maximum atomic E-state index is 15.7. The first-order valence-electron chi connectivity index (χ1n) is 10.8. The summed E-state index contributed by atoms with van der Waals surface area (Å²) in [6, 6.07) is 14.7. The molecule has 1 unspecified atom stereocenters. The third-order valence-corrected chi connectivity index (χ3v) is 6.47. The average molecular weight is 429 g/mol. The maximum absolute atomic E-state index is 15.7. The quantitative estimate of drug-likeness (QED) is 0.447. The molecule has 5 heteroatoms. The van der Waals surface area contributed by atoms with E-state index in [2.05, 4.69) is 22.6 Å². The summed E-state index contributed by atoms with van der Waals surface area (Å²) >= 11 is 0. The number of methoxy groups -OCH3 is 1. The number of carbonyl (C=O) groups is 1. The molecule has 0 saturated heterocycles. The van der Waals surface area contributed by atoms with E-state index in [9.17, 15) is 9.90 Å². The standard InChI is InChI=1S/C27H24FNO3/c1-3-17-5-4-6-21-22-13-16(7-10-24(31)32-2)14-23(28)25(22)27-20-9-8-19(30)15-18(20)11-12-29(27)26(17)21/h4-10,13-15,27,30H,3,11-12H2,1-2H3/b10-7+. The predicted molar refractivity (Wildman–Crippen MR) is 123 cm³/mol. The van der Waals surface area contributed by atoms with E-state index in [1.807, 2.05) is 24.3 Å². The maximum Gasteiger partial charge on any atom is 0.330 e. The zero-order chi connectivity index (χ0) is 22.4. The molecule has 1 atom stereocenters.